The lowest BCUT2D eigenvalue weighted by atomic mass is 10.2. The Morgan fingerprint density at radius 2 is 2.00 bits per heavy atom. The zero-order valence-corrected chi connectivity index (χ0v) is 15.9. The van der Waals surface area contributed by atoms with Crippen LogP contribution in [0, 0.1) is 5.82 Å². The number of halogens is 2. The lowest BCUT2D eigenvalue weighted by molar-refractivity contribution is -0.123. The van der Waals surface area contributed by atoms with Crippen molar-refractivity contribution in [2.24, 2.45) is 5.73 Å². The molecular formula is C19H14ClFN2O4S. The van der Waals surface area contributed by atoms with Gasteiger partial charge in [0.15, 0.2) is 6.61 Å². The molecule has 0 aromatic heterocycles. The van der Waals surface area contributed by atoms with Crippen molar-refractivity contribution in [2.45, 2.75) is 6.54 Å². The molecule has 3 rings (SSSR count). The van der Waals surface area contributed by atoms with Crippen LogP contribution in [-0.2, 0) is 16.1 Å². The van der Waals surface area contributed by atoms with Crippen molar-refractivity contribution < 1.29 is 23.5 Å². The van der Waals surface area contributed by atoms with Gasteiger partial charge in [0.1, 0.15) is 11.6 Å². The van der Waals surface area contributed by atoms with Crippen LogP contribution in [0.4, 0.5) is 9.18 Å². The Labute approximate surface area is 169 Å². The molecule has 9 heteroatoms. The molecule has 28 heavy (non-hydrogen) atoms. The third kappa shape index (κ3) is 4.52. The van der Waals surface area contributed by atoms with Gasteiger partial charge < -0.3 is 10.5 Å². The van der Waals surface area contributed by atoms with Gasteiger partial charge in [-0.25, -0.2) is 4.39 Å². The number of nitrogens with zero attached hydrogens (tertiary/aromatic N) is 1. The molecule has 0 aliphatic carbocycles. The highest BCUT2D eigenvalue weighted by atomic mass is 35.5. The van der Waals surface area contributed by atoms with E-state index in [0.717, 1.165) is 16.7 Å². The molecule has 0 atom stereocenters. The molecule has 2 N–H and O–H groups in total. The van der Waals surface area contributed by atoms with Crippen molar-refractivity contribution in [3.8, 4) is 5.75 Å². The van der Waals surface area contributed by atoms with Gasteiger partial charge >= 0.3 is 0 Å². The van der Waals surface area contributed by atoms with Crippen LogP contribution in [0.3, 0.4) is 0 Å². The zero-order chi connectivity index (χ0) is 20.3. The minimum Gasteiger partial charge on any atom is -0.482 e. The van der Waals surface area contributed by atoms with Gasteiger partial charge in [-0.1, -0.05) is 35.9 Å². The summed E-state index contributed by atoms with van der Waals surface area (Å²) < 4.78 is 19.0. The average molecular weight is 421 g/mol. The molecule has 1 aliphatic rings. The quantitative estimate of drug-likeness (QED) is 0.721. The first kappa shape index (κ1) is 19.9. The topological polar surface area (TPSA) is 89.7 Å². The first-order valence-corrected chi connectivity index (χ1v) is 9.24. The molecule has 2 aromatic rings. The Hall–Kier alpha value is -2.84. The summed E-state index contributed by atoms with van der Waals surface area (Å²) in [6.45, 7) is -0.455. The Bertz CT molecular complexity index is 996. The van der Waals surface area contributed by atoms with E-state index in [0.29, 0.717) is 5.56 Å². The van der Waals surface area contributed by atoms with Gasteiger partial charge in [0.05, 0.1) is 16.5 Å². The van der Waals surface area contributed by atoms with Crippen LogP contribution in [0.15, 0.2) is 47.4 Å². The molecule has 0 spiro atoms. The maximum absolute atomic E-state index is 13.8. The van der Waals surface area contributed by atoms with Crippen LogP contribution < -0.4 is 10.5 Å². The summed E-state index contributed by atoms with van der Waals surface area (Å²) in [6.07, 6.45) is 1.51. The number of thioether (sulfide) groups is 1. The fourth-order valence-corrected chi connectivity index (χ4v) is 3.54. The largest absolute Gasteiger partial charge is 0.482 e. The predicted molar refractivity (Wildman–Crippen MR) is 104 cm³/mol. The van der Waals surface area contributed by atoms with Gasteiger partial charge in [0.2, 0.25) is 0 Å². The number of carbonyl (C=O) groups excluding carboxylic acids is 3. The molecule has 6 nitrogen and oxygen atoms in total. The van der Waals surface area contributed by atoms with E-state index >= 15 is 0 Å². The molecule has 0 bridgehead atoms. The number of hydrogen-bond donors (Lipinski definition) is 1. The van der Waals surface area contributed by atoms with E-state index in [1.165, 1.54) is 36.4 Å². The van der Waals surface area contributed by atoms with E-state index in [-0.39, 0.29) is 34.4 Å². The maximum atomic E-state index is 13.8. The van der Waals surface area contributed by atoms with E-state index in [1.807, 2.05) is 0 Å². The lowest BCUT2D eigenvalue weighted by Crippen LogP contribution is -2.27. The molecule has 1 fully saturated rings. The molecule has 0 saturated carbocycles. The van der Waals surface area contributed by atoms with E-state index in [4.69, 9.17) is 22.1 Å². The SMILES string of the molecule is NC(=O)COc1ccc(C=C2SC(=O)N(Cc3ccccc3F)C2=O)cc1Cl. The molecule has 0 radical (unpaired) electrons. The standard InChI is InChI=1S/C19H14ClFN2O4S/c20-13-7-11(5-6-15(13)27-10-17(22)24)8-16-18(25)23(19(26)28-16)9-12-3-1-2-4-14(12)21/h1-8H,9-10H2,(H2,22,24). The Morgan fingerprint density at radius 3 is 2.68 bits per heavy atom. The number of benzene rings is 2. The third-order valence-electron chi connectivity index (χ3n) is 3.78. The second kappa shape index (κ2) is 8.45. The number of rotatable bonds is 6. The smallest absolute Gasteiger partial charge is 0.293 e. The number of ether oxygens (including phenoxy) is 1. The fourth-order valence-electron chi connectivity index (χ4n) is 2.46. The summed E-state index contributed by atoms with van der Waals surface area (Å²) >= 11 is 6.87. The molecule has 1 aliphatic heterocycles. The monoisotopic (exact) mass is 420 g/mol. The number of carbonyl (C=O) groups is 3. The summed E-state index contributed by atoms with van der Waals surface area (Å²) in [6, 6.07) is 10.6. The highest BCUT2D eigenvalue weighted by Gasteiger charge is 2.35. The summed E-state index contributed by atoms with van der Waals surface area (Å²) in [7, 11) is 0. The summed E-state index contributed by atoms with van der Waals surface area (Å²) in [4.78, 5) is 36.7. The molecular weight excluding hydrogens is 407 g/mol. The normalized spacial score (nSPS) is 15.4. The van der Waals surface area contributed by atoms with Gasteiger partial charge in [-0.15, -0.1) is 0 Å². The van der Waals surface area contributed by atoms with Gasteiger partial charge in [0, 0.05) is 5.56 Å². The van der Waals surface area contributed by atoms with E-state index < -0.39 is 22.9 Å². The molecule has 2 aromatic carbocycles. The van der Waals surface area contributed by atoms with Crippen LogP contribution in [0.1, 0.15) is 11.1 Å². The maximum Gasteiger partial charge on any atom is 0.293 e. The number of imide groups is 1. The van der Waals surface area contributed by atoms with Crippen LogP contribution in [0.5, 0.6) is 5.75 Å². The van der Waals surface area contributed by atoms with E-state index in [9.17, 15) is 18.8 Å². The van der Waals surface area contributed by atoms with Gasteiger partial charge in [-0.3, -0.25) is 19.3 Å². The van der Waals surface area contributed by atoms with E-state index in [1.54, 1.807) is 12.1 Å². The second-order valence-electron chi connectivity index (χ2n) is 5.80. The van der Waals surface area contributed by atoms with Gasteiger partial charge in [0.25, 0.3) is 17.1 Å². The summed E-state index contributed by atoms with van der Waals surface area (Å²) in [5, 5.41) is -0.257. The summed E-state index contributed by atoms with van der Waals surface area (Å²) in [5.41, 5.74) is 5.84. The summed E-state index contributed by atoms with van der Waals surface area (Å²) in [5.74, 6) is -1.36. The van der Waals surface area contributed by atoms with Crippen LogP contribution >= 0.6 is 23.4 Å². The molecule has 1 heterocycles. The van der Waals surface area contributed by atoms with Gasteiger partial charge in [-0.05, 0) is 41.6 Å². The second-order valence-corrected chi connectivity index (χ2v) is 7.20. The number of nitrogens with two attached hydrogens (primary N) is 1. The van der Waals surface area contributed by atoms with Crippen molar-refractivity contribution >= 4 is 46.5 Å². The van der Waals surface area contributed by atoms with Crippen LogP contribution in [-0.4, -0.2) is 28.6 Å². The molecule has 3 amide bonds. The zero-order valence-electron chi connectivity index (χ0n) is 14.4. The van der Waals surface area contributed by atoms with Crippen molar-refractivity contribution in [1.82, 2.24) is 4.90 Å². The fraction of sp³-hybridized carbons (Fsp3) is 0.105. The number of hydrogen-bond acceptors (Lipinski definition) is 5. The predicted octanol–water partition coefficient (Wildman–Crippen LogP) is 3.58. The third-order valence-corrected chi connectivity index (χ3v) is 4.99. The van der Waals surface area contributed by atoms with Crippen molar-refractivity contribution in [3.63, 3.8) is 0 Å². The van der Waals surface area contributed by atoms with Gasteiger partial charge in [-0.2, -0.15) is 0 Å². The Morgan fingerprint density at radius 1 is 1.25 bits per heavy atom. The minimum absolute atomic E-state index is 0.144. The lowest BCUT2D eigenvalue weighted by Gasteiger charge is -2.12. The highest BCUT2D eigenvalue weighted by Crippen LogP contribution is 2.34. The minimum atomic E-state index is -0.635. The van der Waals surface area contributed by atoms with Crippen LogP contribution in [0.25, 0.3) is 6.08 Å². The molecule has 1 saturated heterocycles. The Kier molecular flexibility index (Phi) is 6.01. The van der Waals surface area contributed by atoms with E-state index in [2.05, 4.69) is 0 Å². The molecule has 144 valence electrons. The van der Waals surface area contributed by atoms with Crippen LogP contribution in [0.2, 0.25) is 5.02 Å². The number of amides is 3. The number of primary amides is 1. The van der Waals surface area contributed by atoms with Crippen molar-refractivity contribution in [2.75, 3.05) is 6.61 Å². The highest BCUT2D eigenvalue weighted by molar-refractivity contribution is 8.18. The molecule has 0 unspecified atom stereocenters. The van der Waals surface area contributed by atoms with Crippen molar-refractivity contribution in [1.29, 1.82) is 0 Å². The average Bonchev–Trinajstić information content (AvgIpc) is 2.90. The van der Waals surface area contributed by atoms with Crippen molar-refractivity contribution in [3.05, 3.63) is 69.3 Å². The Balaban J connectivity index is 1.77. The first-order chi connectivity index (χ1) is 13.3. The first-order valence-electron chi connectivity index (χ1n) is 8.04.